The van der Waals surface area contributed by atoms with E-state index in [2.05, 4.69) is 0 Å². The first-order valence-corrected chi connectivity index (χ1v) is 8.37. The first-order chi connectivity index (χ1) is 11.6. The van der Waals surface area contributed by atoms with Crippen LogP contribution in [0.5, 0.6) is 5.75 Å². The summed E-state index contributed by atoms with van der Waals surface area (Å²) in [7, 11) is 0. The van der Waals surface area contributed by atoms with Gasteiger partial charge in [-0.15, -0.1) is 0 Å². The van der Waals surface area contributed by atoms with Crippen molar-refractivity contribution in [2.75, 3.05) is 13.1 Å². The lowest BCUT2D eigenvalue weighted by Gasteiger charge is -2.18. The second kappa shape index (κ2) is 7.49. The predicted octanol–water partition coefficient (Wildman–Crippen LogP) is 3.11. The molecule has 2 atom stereocenters. The summed E-state index contributed by atoms with van der Waals surface area (Å²) in [4.78, 5) is 14.3. The first kappa shape index (κ1) is 16.5. The maximum absolute atomic E-state index is 12.5. The van der Waals surface area contributed by atoms with Crippen LogP contribution in [0.2, 0.25) is 0 Å². The average Bonchev–Trinajstić information content (AvgIpc) is 3.11. The van der Waals surface area contributed by atoms with Crippen molar-refractivity contribution < 1.29 is 14.6 Å². The van der Waals surface area contributed by atoms with Gasteiger partial charge in [-0.25, -0.2) is 0 Å². The maximum Gasteiger partial charge on any atom is 0.253 e. The third-order valence-electron chi connectivity index (χ3n) is 4.54. The van der Waals surface area contributed by atoms with Gasteiger partial charge in [0.05, 0.1) is 6.10 Å². The standard InChI is InChI=1S/C20H23NO3/c1-15(22)18-11-12-21(13-18)20(23)17-9-7-16(8-10-17)14-24-19-5-3-2-4-6-19/h2-10,15,18,22H,11-14H2,1H3. The summed E-state index contributed by atoms with van der Waals surface area (Å²) in [6.07, 6.45) is 0.507. The van der Waals surface area contributed by atoms with E-state index in [1.165, 1.54) is 0 Å². The zero-order chi connectivity index (χ0) is 16.9. The molecule has 1 fully saturated rings. The minimum atomic E-state index is -0.361. The molecule has 1 amide bonds. The van der Waals surface area contributed by atoms with E-state index in [1.54, 1.807) is 6.92 Å². The molecule has 0 spiro atoms. The molecule has 1 aliphatic rings. The summed E-state index contributed by atoms with van der Waals surface area (Å²) in [5.74, 6) is 1.06. The molecule has 24 heavy (non-hydrogen) atoms. The molecule has 3 rings (SSSR count). The highest BCUT2D eigenvalue weighted by atomic mass is 16.5. The average molecular weight is 325 g/mol. The number of likely N-dealkylation sites (tertiary alicyclic amines) is 1. The minimum Gasteiger partial charge on any atom is -0.489 e. The fourth-order valence-electron chi connectivity index (χ4n) is 2.98. The van der Waals surface area contributed by atoms with Gasteiger partial charge in [-0.3, -0.25) is 4.79 Å². The predicted molar refractivity (Wildman–Crippen MR) is 92.9 cm³/mol. The number of para-hydroxylation sites is 1. The number of benzene rings is 2. The maximum atomic E-state index is 12.5. The Morgan fingerprint density at radius 3 is 2.54 bits per heavy atom. The highest BCUT2D eigenvalue weighted by Crippen LogP contribution is 2.22. The molecule has 0 aliphatic carbocycles. The van der Waals surface area contributed by atoms with Crippen molar-refractivity contribution in [2.24, 2.45) is 5.92 Å². The van der Waals surface area contributed by atoms with Crippen molar-refractivity contribution in [3.05, 3.63) is 65.7 Å². The van der Waals surface area contributed by atoms with Gasteiger partial charge in [-0.05, 0) is 43.2 Å². The van der Waals surface area contributed by atoms with Gasteiger partial charge < -0.3 is 14.7 Å². The van der Waals surface area contributed by atoms with E-state index >= 15 is 0 Å². The number of rotatable bonds is 5. The quantitative estimate of drug-likeness (QED) is 0.919. The van der Waals surface area contributed by atoms with Crippen molar-refractivity contribution >= 4 is 5.91 Å². The SMILES string of the molecule is CC(O)C1CCN(C(=O)c2ccc(COc3ccccc3)cc2)C1. The molecule has 4 heteroatoms. The lowest BCUT2D eigenvalue weighted by atomic mass is 10.0. The highest BCUT2D eigenvalue weighted by Gasteiger charge is 2.29. The van der Waals surface area contributed by atoms with Crippen LogP contribution in [0.4, 0.5) is 0 Å². The molecule has 1 saturated heterocycles. The Morgan fingerprint density at radius 2 is 1.92 bits per heavy atom. The van der Waals surface area contributed by atoms with Crippen LogP contribution < -0.4 is 4.74 Å². The van der Waals surface area contributed by atoms with Crippen LogP contribution in [0.15, 0.2) is 54.6 Å². The number of hydrogen-bond acceptors (Lipinski definition) is 3. The van der Waals surface area contributed by atoms with E-state index < -0.39 is 0 Å². The second-order valence-electron chi connectivity index (χ2n) is 6.34. The van der Waals surface area contributed by atoms with Crippen molar-refractivity contribution in [1.29, 1.82) is 0 Å². The van der Waals surface area contributed by atoms with E-state index in [9.17, 15) is 9.90 Å². The van der Waals surface area contributed by atoms with Crippen molar-refractivity contribution in [1.82, 2.24) is 4.90 Å². The smallest absolute Gasteiger partial charge is 0.253 e. The molecule has 1 heterocycles. The van der Waals surface area contributed by atoms with Gasteiger partial charge in [0.2, 0.25) is 0 Å². The Morgan fingerprint density at radius 1 is 1.21 bits per heavy atom. The summed E-state index contributed by atoms with van der Waals surface area (Å²) in [5, 5.41) is 9.66. The van der Waals surface area contributed by atoms with E-state index in [0.29, 0.717) is 25.3 Å². The summed E-state index contributed by atoms with van der Waals surface area (Å²) in [6, 6.07) is 17.2. The highest BCUT2D eigenvalue weighted by molar-refractivity contribution is 5.94. The van der Waals surface area contributed by atoms with Crippen molar-refractivity contribution in [2.45, 2.75) is 26.1 Å². The molecule has 0 radical (unpaired) electrons. The lowest BCUT2D eigenvalue weighted by Crippen LogP contribution is -2.30. The van der Waals surface area contributed by atoms with Crippen LogP contribution >= 0.6 is 0 Å². The van der Waals surface area contributed by atoms with Gasteiger partial charge in [-0.1, -0.05) is 30.3 Å². The molecule has 0 aromatic heterocycles. The minimum absolute atomic E-state index is 0.0358. The summed E-state index contributed by atoms with van der Waals surface area (Å²) in [6.45, 7) is 3.62. The number of nitrogens with zero attached hydrogens (tertiary/aromatic N) is 1. The van der Waals surface area contributed by atoms with Crippen LogP contribution in [-0.2, 0) is 6.61 Å². The fourth-order valence-corrected chi connectivity index (χ4v) is 2.98. The number of carbonyl (C=O) groups is 1. The van der Waals surface area contributed by atoms with E-state index in [0.717, 1.165) is 17.7 Å². The third-order valence-corrected chi connectivity index (χ3v) is 4.54. The molecular weight excluding hydrogens is 302 g/mol. The molecule has 0 bridgehead atoms. The number of hydrogen-bond donors (Lipinski definition) is 1. The van der Waals surface area contributed by atoms with Gasteiger partial charge in [0.15, 0.2) is 0 Å². The first-order valence-electron chi connectivity index (χ1n) is 8.37. The van der Waals surface area contributed by atoms with Crippen molar-refractivity contribution in [3.8, 4) is 5.75 Å². The molecule has 1 N–H and O–H groups in total. The zero-order valence-electron chi connectivity index (χ0n) is 13.9. The molecular formula is C20H23NO3. The van der Waals surface area contributed by atoms with Crippen LogP contribution in [0.1, 0.15) is 29.3 Å². The Hall–Kier alpha value is -2.33. The van der Waals surface area contributed by atoms with Crippen molar-refractivity contribution in [3.63, 3.8) is 0 Å². The van der Waals surface area contributed by atoms with Crippen LogP contribution in [0, 0.1) is 5.92 Å². The van der Waals surface area contributed by atoms with Crippen LogP contribution in [-0.4, -0.2) is 35.1 Å². The fraction of sp³-hybridized carbons (Fsp3) is 0.350. The molecule has 1 aliphatic heterocycles. The van der Waals surface area contributed by atoms with Crippen LogP contribution in [0.3, 0.4) is 0 Å². The van der Waals surface area contributed by atoms with Gasteiger partial charge in [0.25, 0.3) is 5.91 Å². The van der Waals surface area contributed by atoms with Gasteiger partial charge >= 0.3 is 0 Å². The molecule has 2 unspecified atom stereocenters. The molecule has 2 aromatic carbocycles. The third kappa shape index (κ3) is 3.95. The molecule has 0 saturated carbocycles. The number of aliphatic hydroxyl groups is 1. The van der Waals surface area contributed by atoms with Gasteiger partial charge in [0.1, 0.15) is 12.4 Å². The summed E-state index contributed by atoms with van der Waals surface area (Å²) < 4.78 is 5.71. The van der Waals surface area contributed by atoms with Gasteiger partial charge in [0, 0.05) is 24.6 Å². The number of amides is 1. The van der Waals surface area contributed by atoms with E-state index in [4.69, 9.17) is 4.74 Å². The molecule has 2 aromatic rings. The second-order valence-corrected chi connectivity index (χ2v) is 6.34. The van der Waals surface area contributed by atoms with E-state index in [-0.39, 0.29) is 17.9 Å². The summed E-state index contributed by atoms with van der Waals surface area (Å²) >= 11 is 0. The topological polar surface area (TPSA) is 49.8 Å². The summed E-state index contributed by atoms with van der Waals surface area (Å²) in [5.41, 5.74) is 1.71. The normalized spacial score (nSPS) is 18.4. The van der Waals surface area contributed by atoms with E-state index in [1.807, 2.05) is 59.5 Å². The largest absolute Gasteiger partial charge is 0.489 e. The van der Waals surface area contributed by atoms with Gasteiger partial charge in [-0.2, -0.15) is 0 Å². The van der Waals surface area contributed by atoms with Crippen LogP contribution in [0.25, 0.3) is 0 Å². The Labute approximate surface area is 142 Å². The number of carbonyl (C=O) groups excluding carboxylic acids is 1. The monoisotopic (exact) mass is 325 g/mol. The Balaban J connectivity index is 1.57. The molecule has 126 valence electrons. The zero-order valence-corrected chi connectivity index (χ0v) is 13.9. The lowest BCUT2D eigenvalue weighted by molar-refractivity contribution is 0.0762. The molecule has 4 nitrogen and oxygen atoms in total. The number of aliphatic hydroxyl groups excluding tert-OH is 1. The Kier molecular flexibility index (Phi) is 5.16. The number of ether oxygens (including phenoxy) is 1. The Bertz CT molecular complexity index is 667.